The summed E-state index contributed by atoms with van der Waals surface area (Å²) in [6, 6.07) is 0. The highest BCUT2D eigenvalue weighted by Crippen LogP contribution is 2.23. The van der Waals surface area contributed by atoms with Crippen LogP contribution < -0.4 is 4.90 Å². The van der Waals surface area contributed by atoms with Crippen molar-refractivity contribution in [1.82, 2.24) is 14.9 Å². The van der Waals surface area contributed by atoms with Gasteiger partial charge in [-0.1, -0.05) is 0 Å². The third-order valence-electron chi connectivity index (χ3n) is 4.15. The van der Waals surface area contributed by atoms with Gasteiger partial charge in [0, 0.05) is 48.6 Å². The number of aromatic nitrogens is 2. The van der Waals surface area contributed by atoms with Gasteiger partial charge >= 0.3 is 0 Å². The summed E-state index contributed by atoms with van der Waals surface area (Å²) >= 11 is 2.22. The first kappa shape index (κ1) is 14.0. The molecular formula is C14H19IN4O. The Labute approximate surface area is 132 Å². The molecule has 1 aromatic rings. The van der Waals surface area contributed by atoms with E-state index in [-0.39, 0.29) is 0 Å². The van der Waals surface area contributed by atoms with Crippen molar-refractivity contribution in [3.63, 3.8) is 0 Å². The standard InChI is InChI=1S/C14H19IN4O/c15-12-8-16-14(17-9-12)18-6-3-11(4-7-18)10-19-5-1-2-13(19)20/h8-9,11H,1-7,10H2. The lowest BCUT2D eigenvalue weighted by atomic mass is 9.96. The molecule has 1 aromatic heterocycles. The molecule has 2 saturated heterocycles. The van der Waals surface area contributed by atoms with Crippen LogP contribution in [0.3, 0.4) is 0 Å². The van der Waals surface area contributed by atoms with Crippen LogP contribution in [-0.4, -0.2) is 47.0 Å². The lowest BCUT2D eigenvalue weighted by Crippen LogP contribution is -2.39. The zero-order valence-electron chi connectivity index (χ0n) is 11.5. The molecule has 20 heavy (non-hydrogen) atoms. The van der Waals surface area contributed by atoms with Crippen LogP contribution >= 0.6 is 22.6 Å². The zero-order chi connectivity index (χ0) is 13.9. The monoisotopic (exact) mass is 386 g/mol. The zero-order valence-corrected chi connectivity index (χ0v) is 13.6. The summed E-state index contributed by atoms with van der Waals surface area (Å²) in [6.45, 7) is 3.89. The molecule has 0 spiro atoms. The topological polar surface area (TPSA) is 49.3 Å². The molecule has 0 bridgehead atoms. The molecule has 2 aliphatic heterocycles. The molecular weight excluding hydrogens is 367 g/mol. The highest BCUT2D eigenvalue weighted by molar-refractivity contribution is 14.1. The number of likely N-dealkylation sites (tertiary alicyclic amines) is 1. The summed E-state index contributed by atoms with van der Waals surface area (Å²) in [7, 11) is 0. The fraction of sp³-hybridized carbons (Fsp3) is 0.643. The molecule has 2 fully saturated rings. The van der Waals surface area contributed by atoms with E-state index in [1.165, 1.54) is 0 Å². The van der Waals surface area contributed by atoms with Crippen LogP contribution in [0.25, 0.3) is 0 Å². The van der Waals surface area contributed by atoms with Gasteiger partial charge in [-0.25, -0.2) is 9.97 Å². The van der Waals surface area contributed by atoms with Crippen molar-refractivity contribution in [2.45, 2.75) is 25.7 Å². The van der Waals surface area contributed by atoms with Crippen LogP contribution in [0.15, 0.2) is 12.4 Å². The molecule has 0 aliphatic carbocycles. The second-order valence-electron chi connectivity index (χ2n) is 5.58. The molecule has 6 heteroatoms. The molecule has 0 N–H and O–H groups in total. The van der Waals surface area contributed by atoms with Crippen LogP contribution in [0, 0.1) is 9.49 Å². The smallest absolute Gasteiger partial charge is 0.225 e. The molecule has 0 unspecified atom stereocenters. The van der Waals surface area contributed by atoms with Crippen LogP contribution in [0.4, 0.5) is 5.95 Å². The number of anilines is 1. The second-order valence-corrected chi connectivity index (χ2v) is 6.82. The van der Waals surface area contributed by atoms with E-state index in [1.807, 2.05) is 17.3 Å². The number of carbonyl (C=O) groups excluding carboxylic acids is 1. The normalized spacial score (nSPS) is 20.8. The van der Waals surface area contributed by atoms with E-state index in [9.17, 15) is 4.79 Å². The van der Waals surface area contributed by atoms with Crippen molar-refractivity contribution in [3.05, 3.63) is 16.0 Å². The number of nitrogens with zero attached hydrogens (tertiary/aromatic N) is 4. The molecule has 1 amide bonds. The third kappa shape index (κ3) is 3.21. The van der Waals surface area contributed by atoms with Gasteiger partial charge in [0.25, 0.3) is 0 Å². The number of amides is 1. The summed E-state index contributed by atoms with van der Waals surface area (Å²) in [4.78, 5) is 24.7. The molecule has 3 rings (SSSR count). The second kappa shape index (κ2) is 6.24. The fourth-order valence-electron chi connectivity index (χ4n) is 2.99. The van der Waals surface area contributed by atoms with Crippen molar-refractivity contribution in [2.75, 3.05) is 31.1 Å². The maximum absolute atomic E-state index is 11.7. The highest BCUT2D eigenvalue weighted by atomic mass is 127. The number of halogens is 1. The van der Waals surface area contributed by atoms with Crippen molar-refractivity contribution in [3.8, 4) is 0 Å². The van der Waals surface area contributed by atoms with E-state index in [0.29, 0.717) is 11.8 Å². The first-order chi connectivity index (χ1) is 9.72. The summed E-state index contributed by atoms with van der Waals surface area (Å²) in [6.07, 6.45) is 7.75. The van der Waals surface area contributed by atoms with Gasteiger partial charge in [0.2, 0.25) is 11.9 Å². The Morgan fingerprint density at radius 1 is 1.20 bits per heavy atom. The first-order valence-corrected chi connectivity index (χ1v) is 8.30. The minimum atomic E-state index is 0.341. The maximum atomic E-state index is 11.7. The largest absolute Gasteiger partial charge is 0.342 e. The van der Waals surface area contributed by atoms with Gasteiger partial charge in [-0.05, 0) is 47.8 Å². The van der Waals surface area contributed by atoms with Gasteiger partial charge in [-0.15, -0.1) is 0 Å². The van der Waals surface area contributed by atoms with Gasteiger partial charge in [0.1, 0.15) is 0 Å². The Balaban J connectivity index is 1.51. The van der Waals surface area contributed by atoms with Gasteiger partial charge in [0.05, 0.1) is 0 Å². The van der Waals surface area contributed by atoms with Crippen LogP contribution in [-0.2, 0) is 4.79 Å². The molecule has 0 atom stereocenters. The molecule has 0 radical (unpaired) electrons. The predicted octanol–water partition coefficient (Wildman–Crippen LogP) is 1.92. The minimum Gasteiger partial charge on any atom is -0.342 e. The molecule has 5 nitrogen and oxygen atoms in total. The van der Waals surface area contributed by atoms with E-state index < -0.39 is 0 Å². The van der Waals surface area contributed by atoms with Crippen molar-refractivity contribution in [1.29, 1.82) is 0 Å². The van der Waals surface area contributed by atoms with E-state index >= 15 is 0 Å². The number of carbonyl (C=O) groups is 1. The van der Waals surface area contributed by atoms with Crippen LogP contribution in [0.5, 0.6) is 0 Å². The Morgan fingerprint density at radius 2 is 1.90 bits per heavy atom. The summed E-state index contributed by atoms with van der Waals surface area (Å²) in [5.74, 6) is 1.81. The number of rotatable bonds is 3. The number of hydrogen-bond donors (Lipinski definition) is 0. The Hall–Kier alpha value is -0.920. The predicted molar refractivity (Wildman–Crippen MR) is 85.5 cm³/mol. The van der Waals surface area contributed by atoms with Crippen LogP contribution in [0.1, 0.15) is 25.7 Å². The lowest BCUT2D eigenvalue weighted by Gasteiger charge is -2.33. The molecule has 3 heterocycles. The van der Waals surface area contributed by atoms with Gasteiger partial charge in [0.15, 0.2) is 0 Å². The van der Waals surface area contributed by atoms with Crippen LogP contribution in [0.2, 0.25) is 0 Å². The van der Waals surface area contributed by atoms with Crippen molar-refractivity contribution >= 4 is 34.4 Å². The van der Waals surface area contributed by atoms with Gasteiger partial charge in [-0.2, -0.15) is 0 Å². The van der Waals surface area contributed by atoms with Crippen molar-refractivity contribution < 1.29 is 4.79 Å². The Bertz CT molecular complexity index is 471. The van der Waals surface area contributed by atoms with E-state index in [1.54, 1.807) is 0 Å². The SMILES string of the molecule is O=C1CCCN1CC1CCN(c2ncc(I)cn2)CC1. The average molecular weight is 386 g/mol. The third-order valence-corrected chi connectivity index (χ3v) is 4.71. The van der Waals surface area contributed by atoms with E-state index in [2.05, 4.69) is 37.5 Å². The molecule has 108 valence electrons. The summed E-state index contributed by atoms with van der Waals surface area (Å²) in [5, 5.41) is 0. The number of hydrogen-bond acceptors (Lipinski definition) is 4. The maximum Gasteiger partial charge on any atom is 0.225 e. The number of piperidine rings is 1. The quantitative estimate of drug-likeness (QED) is 0.745. The van der Waals surface area contributed by atoms with Crippen molar-refractivity contribution in [2.24, 2.45) is 5.92 Å². The molecule has 0 aromatic carbocycles. The lowest BCUT2D eigenvalue weighted by molar-refractivity contribution is -0.128. The summed E-state index contributed by atoms with van der Waals surface area (Å²) < 4.78 is 1.06. The van der Waals surface area contributed by atoms with Gasteiger partial charge in [-0.3, -0.25) is 4.79 Å². The van der Waals surface area contributed by atoms with E-state index in [4.69, 9.17) is 0 Å². The fourth-order valence-corrected chi connectivity index (χ4v) is 3.27. The first-order valence-electron chi connectivity index (χ1n) is 7.22. The van der Waals surface area contributed by atoms with E-state index in [0.717, 1.165) is 61.4 Å². The Kier molecular flexibility index (Phi) is 4.38. The van der Waals surface area contributed by atoms with Gasteiger partial charge < -0.3 is 9.80 Å². The molecule has 2 aliphatic rings. The molecule has 0 saturated carbocycles. The minimum absolute atomic E-state index is 0.341. The Morgan fingerprint density at radius 3 is 2.50 bits per heavy atom. The average Bonchev–Trinajstić information content (AvgIpc) is 2.86. The highest BCUT2D eigenvalue weighted by Gasteiger charge is 2.26. The summed E-state index contributed by atoms with van der Waals surface area (Å²) in [5.41, 5.74) is 0.